The van der Waals surface area contributed by atoms with Crippen molar-refractivity contribution in [2.45, 2.75) is 32.4 Å². The number of aliphatic hydroxyl groups is 1. The first kappa shape index (κ1) is 19.2. The lowest BCUT2D eigenvalue weighted by atomic mass is 9.89. The van der Waals surface area contributed by atoms with E-state index < -0.39 is 23.3 Å². The van der Waals surface area contributed by atoms with Gasteiger partial charge >= 0.3 is 6.18 Å². The van der Waals surface area contributed by atoms with Crippen molar-refractivity contribution >= 4 is 23.5 Å². The van der Waals surface area contributed by atoms with E-state index in [9.17, 15) is 28.2 Å². The van der Waals surface area contributed by atoms with Gasteiger partial charge in [-0.15, -0.1) is 0 Å². The summed E-state index contributed by atoms with van der Waals surface area (Å²) < 4.78 is 43.1. The molecule has 1 aromatic rings. The van der Waals surface area contributed by atoms with Gasteiger partial charge in [0.2, 0.25) is 0 Å². The summed E-state index contributed by atoms with van der Waals surface area (Å²) in [6, 6.07) is 2.84. The van der Waals surface area contributed by atoms with Crippen molar-refractivity contribution in [3.8, 4) is 11.5 Å². The van der Waals surface area contributed by atoms with Crippen molar-refractivity contribution < 1.29 is 32.9 Å². The van der Waals surface area contributed by atoms with E-state index in [-0.39, 0.29) is 35.1 Å². The van der Waals surface area contributed by atoms with Crippen molar-refractivity contribution in [2.24, 2.45) is 0 Å². The van der Waals surface area contributed by atoms with Crippen molar-refractivity contribution in [3.05, 3.63) is 39.6 Å². The third-order valence-electron chi connectivity index (χ3n) is 3.69. The largest absolute Gasteiger partial charge is 0.507 e. The molecule has 1 aromatic carbocycles. The molecule has 25 heavy (non-hydrogen) atoms. The van der Waals surface area contributed by atoms with Crippen molar-refractivity contribution in [1.82, 2.24) is 0 Å². The van der Waals surface area contributed by atoms with Crippen LogP contribution >= 0.6 is 11.6 Å². The molecule has 0 aromatic heterocycles. The van der Waals surface area contributed by atoms with Gasteiger partial charge in [0.15, 0.2) is 11.5 Å². The second kappa shape index (κ2) is 7.39. The van der Waals surface area contributed by atoms with Crippen molar-refractivity contribution in [3.63, 3.8) is 0 Å². The van der Waals surface area contributed by atoms with Crippen LogP contribution in [0.25, 0.3) is 6.08 Å². The number of halogens is 4. The Balaban J connectivity index is 2.45. The van der Waals surface area contributed by atoms with Gasteiger partial charge in [-0.05, 0) is 55.5 Å². The lowest BCUT2D eigenvalue weighted by molar-refractivity contribution is -0.167. The molecule has 0 spiro atoms. The molecule has 8 heteroatoms. The first-order valence-corrected chi connectivity index (χ1v) is 7.92. The van der Waals surface area contributed by atoms with E-state index in [4.69, 9.17) is 16.3 Å². The number of ketones is 1. The molecule has 2 rings (SSSR count). The Hall–Kier alpha value is -2.15. The zero-order chi connectivity index (χ0) is 18.8. The van der Waals surface area contributed by atoms with Crippen LogP contribution in [0.3, 0.4) is 0 Å². The lowest BCUT2D eigenvalue weighted by Crippen LogP contribution is -2.27. The predicted molar refractivity (Wildman–Crippen MR) is 86.8 cm³/mol. The molecule has 0 fully saturated rings. The molecule has 2 N–H and O–H groups in total. The molecule has 0 amide bonds. The monoisotopic (exact) mass is 376 g/mol. The summed E-state index contributed by atoms with van der Waals surface area (Å²) in [6.45, 7) is 1.99. The van der Waals surface area contributed by atoms with Crippen LogP contribution in [-0.2, 0) is 4.79 Å². The minimum Gasteiger partial charge on any atom is -0.507 e. The number of carbonyl (C=O) groups excluding carboxylic acids is 1. The predicted octanol–water partition coefficient (Wildman–Crippen LogP) is 4.96. The summed E-state index contributed by atoms with van der Waals surface area (Å²) in [4.78, 5) is 11.4. The smallest absolute Gasteiger partial charge is 0.454 e. The van der Waals surface area contributed by atoms with Crippen LogP contribution < -0.4 is 4.74 Å². The molecule has 4 nitrogen and oxygen atoms in total. The highest BCUT2D eigenvalue weighted by molar-refractivity contribution is 6.32. The van der Waals surface area contributed by atoms with Crippen molar-refractivity contribution in [1.29, 1.82) is 0 Å². The van der Waals surface area contributed by atoms with E-state index in [0.29, 0.717) is 18.4 Å². The van der Waals surface area contributed by atoms with Gasteiger partial charge in [0.1, 0.15) is 5.76 Å². The number of aliphatic hydroxyl groups excluding tert-OH is 1. The normalized spacial score (nSPS) is 17.1. The number of ether oxygens (including phenoxy) is 1. The quantitative estimate of drug-likeness (QED) is 0.779. The molecular formula is C17H16ClF3O4. The number of hydrogen-bond acceptors (Lipinski definition) is 4. The molecule has 1 aliphatic rings. The molecule has 1 aliphatic carbocycles. The first-order chi connectivity index (χ1) is 11.6. The van der Waals surface area contributed by atoms with Crippen LogP contribution in [0, 0.1) is 0 Å². The second-order valence-electron chi connectivity index (χ2n) is 5.46. The summed E-state index contributed by atoms with van der Waals surface area (Å²) in [5.74, 6) is -2.82. The number of alkyl halides is 3. The van der Waals surface area contributed by atoms with E-state index in [1.54, 1.807) is 6.92 Å². The van der Waals surface area contributed by atoms with Gasteiger partial charge in [-0.25, -0.2) is 0 Å². The second-order valence-corrected chi connectivity index (χ2v) is 5.87. The average molecular weight is 377 g/mol. The molecule has 0 aliphatic heterocycles. The summed E-state index contributed by atoms with van der Waals surface area (Å²) >= 11 is 5.91. The Morgan fingerprint density at radius 1 is 1.32 bits per heavy atom. The summed E-state index contributed by atoms with van der Waals surface area (Å²) in [5.41, 5.74) is -0.0172. The fourth-order valence-corrected chi connectivity index (χ4v) is 2.78. The zero-order valence-electron chi connectivity index (χ0n) is 13.3. The summed E-state index contributed by atoms with van der Waals surface area (Å²) in [5, 5.41) is 19.9. The highest BCUT2D eigenvalue weighted by Crippen LogP contribution is 2.38. The molecule has 0 atom stereocenters. The lowest BCUT2D eigenvalue weighted by Gasteiger charge is -2.19. The van der Waals surface area contributed by atoms with Gasteiger partial charge < -0.3 is 14.9 Å². The van der Waals surface area contributed by atoms with Crippen LogP contribution in [0.5, 0.6) is 11.5 Å². The number of aromatic hydroxyl groups is 1. The minimum atomic E-state index is -5.03. The van der Waals surface area contributed by atoms with Gasteiger partial charge in [0, 0.05) is 5.57 Å². The molecule has 0 unspecified atom stereocenters. The van der Waals surface area contributed by atoms with Crippen LogP contribution in [0.15, 0.2) is 29.0 Å². The maximum atomic E-state index is 12.6. The fourth-order valence-electron chi connectivity index (χ4n) is 2.56. The molecular weight excluding hydrogens is 361 g/mol. The standard InChI is InChI=1S/C17H16ClF3O4/c1-2-25-13-8-9(7-12(18)15(13)23)6-10-4-3-5-11(14(10)22)16(24)17(19,20)21/h6-8,22-23H,2-5H2,1H3/b10-6+. The van der Waals surface area contributed by atoms with Crippen LogP contribution in [0.4, 0.5) is 13.2 Å². The highest BCUT2D eigenvalue weighted by atomic mass is 35.5. The third kappa shape index (κ3) is 4.28. The Kier molecular flexibility index (Phi) is 5.67. The van der Waals surface area contributed by atoms with Crippen LogP contribution in [-0.4, -0.2) is 28.8 Å². The number of Topliss-reactive ketones (excluding diaryl/α,β-unsaturated/α-hetero) is 1. The molecule has 0 saturated heterocycles. The van der Waals surface area contributed by atoms with Gasteiger partial charge in [-0.2, -0.15) is 13.2 Å². The summed E-state index contributed by atoms with van der Waals surface area (Å²) in [6.07, 6.45) is -3.14. The SMILES string of the molecule is CCOc1cc(/C=C2\CCCC(C(=O)C(F)(F)F)=C2O)cc(Cl)c1O. The maximum Gasteiger partial charge on any atom is 0.454 e. The first-order valence-electron chi connectivity index (χ1n) is 7.55. The van der Waals surface area contributed by atoms with E-state index in [1.165, 1.54) is 18.2 Å². The summed E-state index contributed by atoms with van der Waals surface area (Å²) in [7, 11) is 0. The van der Waals surface area contributed by atoms with E-state index >= 15 is 0 Å². The average Bonchev–Trinajstić information content (AvgIpc) is 2.53. The Morgan fingerprint density at radius 2 is 2.00 bits per heavy atom. The Bertz CT molecular complexity index is 751. The fraction of sp³-hybridized carbons (Fsp3) is 0.353. The number of phenols is 1. The highest BCUT2D eigenvalue weighted by Gasteiger charge is 2.42. The number of phenolic OH excluding ortho intramolecular Hbond substituents is 1. The minimum absolute atomic E-state index is 0.00340. The molecule has 0 bridgehead atoms. The number of carbonyl (C=O) groups is 1. The van der Waals surface area contributed by atoms with Gasteiger partial charge in [-0.3, -0.25) is 4.79 Å². The Morgan fingerprint density at radius 3 is 2.60 bits per heavy atom. The van der Waals surface area contributed by atoms with Crippen LogP contribution in [0.2, 0.25) is 5.02 Å². The topological polar surface area (TPSA) is 66.8 Å². The van der Waals surface area contributed by atoms with E-state index in [1.807, 2.05) is 0 Å². The zero-order valence-corrected chi connectivity index (χ0v) is 14.0. The van der Waals surface area contributed by atoms with Gasteiger partial charge in [0.25, 0.3) is 5.78 Å². The molecule has 136 valence electrons. The number of hydrogen-bond donors (Lipinski definition) is 2. The van der Waals surface area contributed by atoms with Gasteiger partial charge in [0.05, 0.1) is 11.6 Å². The molecule has 0 heterocycles. The van der Waals surface area contributed by atoms with E-state index in [2.05, 4.69) is 0 Å². The number of allylic oxidation sites excluding steroid dienone is 2. The maximum absolute atomic E-state index is 12.6. The van der Waals surface area contributed by atoms with E-state index in [0.717, 1.165) is 0 Å². The number of benzene rings is 1. The number of rotatable bonds is 4. The van der Waals surface area contributed by atoms with Crippen LogP contribution in [0.1, 0.15) is 31.7 Å². The Labute approximate surface area is 147 Å². The van der Waals surface area contributed by atoms with Crippen molar-refractivity contribution in [2.75, 3.05) is 6.61 Å². The third-order valence-corrected chi connectivity index (χ3v) is 3.97. The molecule has 0 radical (unpaired) electrons. The van der Waals surface area contributed by atoms with Gasteiger partial charge in [-0.1, -0.05) is 11.6 Å². The molecule has 0 saturated carbocycles.